The van der Waals surface area contributed by atoms with Gasteiger partial charge in [0.1, 0.15) is 0 Å². The van der Waals surface area contributed by atoms with Crippen LogP contribution in [0, 0.1) is 5.92 Å². The maximum atomic E-state index is 12.6. The number of alkyl halides is 2. The molecule has 0 spiro atoms. The van der Waals surface area contributed by atoms with Crippen molar-refractivity contribution in [2.45, 2.75) is 44.6 Å². The Labute approximate surface area is 66.0 Å². The Morgan fingerprint density at radius 2 is 1.82 bits per heavy atom. The molecule has 1 aliphatic rings. The zero-order chi connectivity index (χ0) is 8.48. The van der Waals surface area contributed by atoms with Crippen LogP contribution in [0.25, 0.3) is 0 Å². The molecule has 66 valence electrons. The summed E-state index contributed by atoms with van der Waals surface area (Å²) in [4.78, 5) is 0. The van der Waals surface area contributed by atoms with Crippen LogP contribution in [0.1, 0.15) is 32.6 Å². The highest BCUT2D eigenvalue weighted by Gasteiger charge is 2.37. The van der Waals surface area contributed by atoms with Gasteiger partial charge in [-0.25, -0.2) is 8.78 Å². The molecule has 0 bridgehead atoms. The monoisotopic (exact) mass is 163 g/mol. The van der Waals surface area contributed by atoms with Crippen molar-refractivity contribution in [3.05, 3.63) is 0 Å². The topological polar surface area (TPSA) is 26.0 Å². The summed E-state index contributed by atoms with van der Waals surface area (Å²) in [6.45, 7) is 0.913. The highest BCUT2D eigenvalue weighted by Crippen LogP contribution is 2.33. The molecule has 0 heterocycles. The van der Waals surface area contributed by atoms with E-state index < -0.39 is 12.0 Å². The fraction of sp³-hybridized carbons (Fsp3) is 1.00. The van der Waals surface area contributed by atoms with Crippen molar-refractivity contribution in [2.24, 2.45) is 11.7 Å². The third-order valence-corrected chi connectivity index (χ3v) is 2.49. The second-order valence-corrected chi connectivity index (χ2v) is 3.53. The Kier molecular flexibility index (Phi) is 2.47. The predicted molar refractivity (Wildman–Crippen MR) is 40.6 cm³/mol. The number of halogens is 2. The van der Waals surface area contributed by atoms with Gasteiger partial charge in [0.25, 0.3) is 5.92 Å². The lowest BCUT2D eigenvalue weighted by Crippen LogP contribution is -2.43. The van der Waals surface area contributed by atoms with E-state index in [0.29, 0.717) is 0 Å². The van der Waals surface area contributed by atoms with Crippen molar-refractivity contribution < 1.29 is 8.78 Å². The van der Waals surface area contributed by atoms with Gasteiger partial charge in [0.05, 0.1) is 6.04 Å². The number of nitrogens with two attached hydrogens (primary N) is 1. The van der Waals surface area contributed by atoms with Crippen LogP contribution in [0.2, 0.25) is 0 Å². The summed E-state index contributed by atoms with van der Waals surface area (Å²) >= 11 is 0. The average molecular weight is 163 g/mol. The molecule has 0 aromatic rings. The first kappa shape index (κ1) is 8.91. The van der Waals surface area contributed by atoms with Crippen molar-refractivity contribution in [1.82, 2.24) is 0 Å². The summed E-state index contributed by atoms with van der Waals surface area (Å²) in [6.07, 6.45) is 3.89. The first-order valence-electron chi connectivity index (χ1n) is 4.15. The normalized spacial score (nSPS) is 24.0. The summed E-state index contributed by atoms with van der Waals surface area (Å²) in [5.41, 5.74) is 5.41. The van der Waals surface area contributed by atoms with Gasteiger partial charge in [0, 0.05) is 6.92 Å². The van der Waals surface area contributed by atoms with E-state index >= 15 is 0 Å². The van der Waals surface area contributed by atoms with E-state index in [1.165, 1.54) is 0 Å². The van der Waals surface area contributed by atoms with Gasteiger partial charge in [-0.2, -0.15) is 0 Å². The van der Waals surface area contributed by atoms with Gasteiger partial charge in [-0.15, -0.1) is 0 Å². The second kappa shape index (κ2) is 3.05. The first-order chi connectivity index (χ1) is 5.02. The summed E-state index contributed by atoms with van der Waals surface area (Å²) < 4.78 is 25.3. The SMILES string of the molecule is CC(F)(F)C(N)C1CCCC1. The number of hydrogen-bond donors (Lipinski definition) is 1. The van der Waals surface area contributed by atoms with Gasteiger partial charge in [-0.1, -0.05) is 12.8 Å². The van der Waals surface area contributed by atoms with Crippen LogP contribution in [0.3, 0.4) is 0 Å². The molecular weight excluding hydrogens is 148 g/mol. The summed E-state index contributed by atoms with van der Waals surface area (Å²) in [6, 6.07) is -0.926. The van der Waals surface area contributed by atoms with E-state index in [9.17, 15) is 8.78 Å². The second-order valence-electron chi connectivity index (χ2n) is 3.53. The smallest absolute Gasteiger partial charge is 0.260 e. The zero-order valence-electron chi connectivity index (χ0n) is 6.82. The van der Waals surface area contributed by atoms with Gasteiger partial charge in [0.15, 0.2) is 0 Å². The first-order valence-corrected chi connectivity index (χ1v) is 4.15. The quantitative estimate of drug-likeness (QED) is 0.663. The van der Waals surface area contributed by atoms with Crippen LogP contribution < -0.4 is 5.73 Å². The molecule has 0 radical (unpaired) electrons. The number of rotatable bonds is 2. The third-order valence-electron chi connectivity index (χ3n) is 2.49. The van der Waals surface area contributed by atoms with E-state index in [-0.39, 0.29) is 5.92 Å². The van der Waals surface area contributed by atoms with Crippen LogP contribution in [0.15, 0.2) is 0 Å². The molecule has 0 aromatic heterocycles. The van der Waals surface area contributed by atoms with E-state index in [1.54, 1.807) is 0 Å². The summed E-state index contributed by atoms with van der Waals surface area (Å²) in [7, 11) is 0. The minimum absolute atomic E-state index is 0.0509. The molecule has 1 rings (SSSR count). The van der Waals surface area contributed by atoms with Crippen LogP contribution in [-0.4, -0.2) is 12.0 Å². The van der Waals surface area contributed by atoms with Crippen LogP contribution in [0.5, 0.6) is 0 Å². The molecule has 1 saturated carbocycles. The third kappa shape index (κ3) is 2.12. The summed E-state index contributed by atoms with van der Waals surface area (Å²) in [5, 5.41) is 0. The van der Waals surface area contributed by atoms with Crippen molar-refractivity contribution in [1.29, 1.82) is 0 Å². The van der Waals surface area contributed by atoms with Crippen LogP contribution >= 0.6 is 0 Å². The highest BCUT2D eigenvalue weighted by atomic mass is 19.3. The molecule has 0 aromatic carbocycles. The average Bonchev–Trinajstić information content (AvgIpc) is 2.34. The van der Waals surface area contributed by atoms with Gasteiger partial charge in [-0.3, -0.25) is 0 Å². The molecule has 0 saturated heterocycles. The largest absolute Gasteiger partial charge is 0.322 e. The molecule has 11 heavy (non-hydrogen) atoms. The lowest BCUT2D eigenvalue weighted by atomic mass is 9.94. The lowest BCUT2D eigenvalue weighted by Gasteiger charge is -2.24. The Morgan fingerprint density at radius 3 is 2.18 bits per heavy atom. The van der Waals surface area contributed by atoms with Crippen molar-refractivity contribution >= 4 is 0 Å². The Hall–Kier alpha value is -0.180. The Balaban J connectivity index is 2.46. The molecule has 1 fully saturated rings. The van der Waals surface area contributed by atoms with E-state index in [0.717, 1.165) is 32.6 Å². The fourth-order valence-corrected chi connectivity index (χ4v) is 1.73. The minimum atomic E-state index is -2.70. The van der Waals surface area contributed by atoms with Crippen molar-refractivity contribution in [3.63, 3.8) is 0 Å². The Morgan fingerprint density at radius 1 is 1.36 bits per heavy atom. The minimum Gasteiger partial charge on any atom is -0.322 e. The van der Waals surface area contributed by atoms with Crippen molar-refractivity contribution in [3.8, 4) is 0 Å². The van der Waals surface area contributed by atoms with Gasteiger partial charge < -0.3 is 5.73 Å². The molecule has 0 aliphatic heterocycles. The lowest BCUT2D eigenvalue weighted by molar-refractivity contribution is -0.0234. The van der Waals surface area contributed by atoms with Crippen LogP contribution in [-0.2, 0) is 0 Å². The maximum absolute atomic E-state index is 12.6. The molecule has 1 atom stereocenters. The summed E-state index contributed by atoms with van der Waals surface area (Å²) in [5.74, 6) is -2.65. The standard InChI is InChI=1S/C8H15F2N/c1-8(9,10)7(11)6-4-2-3-5-6/h6-7H,2-5,11H2,1H3. The molecular formula is C8H15F2N. The number of hydrogen-bond acceptors (Lipinski definition) is 1. The van der Waals surface area contributed by atoms with E-state index in [1.807, 2.05) is 0 Å². The molecule has 0 amide bonds. The van der Waals surface area contributed by atoms with Crippen LogP contribution in [0.4, 0.5) is 8.78 Å². The van der Waals surface area contributed by atoms with Gasteiger partial charge >= 0.3 is 0 Å². The highest BCUT2D eigenvalue weighted by molar-refractivity contribution is 4.85. The molecule has 1 aliphatic carbocycles. The molecule has 2 N–H and O–H groups in total. The molecule has 3 heteroatoms. The molecule has 1 nitrogen and oxygen atoms in total. The van der Waals surface area contributed by atoms with Gasteiger partial charge in [0.2, 0.25) is 0 Å². The molecule has 1 unspecified atom stereocenters. The van der Waals surface area contributed by atoms with Crippen molar-refractivity contribution in [2.75, 3.05) is 0 Å². The fourth-order valence-electron chi connectivity index (χ4n) is 1.73. The predicted octanol–water partition coefficient (Wildman–Crippen LogP) is 2.16. The Bertz CT molecular complexity index is 125. The zero-order valence-corrected chi connectivity index (χ0v) is 6.82. The van der Waals surface area contributed by atoms with E-state index in [4.69, 9.17) is 5.73 Å². The maximum Gasteiger partial charge on any atom is 0.260 e. The van der Waals surface area contributed by atoms with E-state index in [2.05, 4.69) is 0 Å². The van der Waals surface area contributed by atoms with Gasteiger partial charge in [-0.05, 0) is 18.8 Å².